The van der Waals surface area contributed by atoms with Gasteiger partial charge in [-0.3, -0.25) is 4.90 Å². The molecule has 1 aromatic carbocycles. The van der Waals surface area contributed by atoms with Gasteiger partial charge in [0.25, 0.3) is 0 Å². The van der Waals surface area contributed by atoms with Crippen LogP contribution in [-0.2, 0) is 13.0 Å². The molecule has 4 rings (SSSR count). The van der Waals surface area contributed by atoms with Crippen LogP contribution >= 0.6 is 0 Å². The molecule has 2 aliphatic rings. The number of methoxy groups -OCH3 is 2. The van der Waals surface area contributed by atoms with E-state index in [9.17, 15) is 0 Å². The van der Waals surface area contributed by atoms with Crippen LogP contribution in [0.25, 0.3) is 0 Å². The van der Waals surface area contributed by atoms with E-state index in [1.165, 1.54) is 24.0 Å². The number of nitrogens with zero attached hydrogens (tertiary/aromatic N) is 3. The Kier molecular flexibility index (Phi) is 3.92. The molecule has 1 saturated carbocycles. The summed E-state index contributed by atoms with van der Waals surface area (Å²) in [4.78, 5) is 6.97. The van der Waals surface area contributed by atoms with Gasteiger partial charge in [-0.05, 0) is 49.4 Å². The van der Waals surface area contributed by atoms with Crippen LogP contribution in [0.15, 0.2) is 16.7 Å². The fourth-order valence-corrected chi connectivity index (χ4v) is 3.32. The van der Waals surface area contributed by atoms with Crippen LogP contribution in [0.4, 0.5) is 0 Å². The van der Waals surface area contributed by atoms with Crippen LogP contribution in [0.3, 0.4) is 0 Å². The molecule has 0 spiro atoms. The number of rotatable bonds is 5. The lowest BCUT2D eigenvalue weighted by Gasteiger charge is -2.32. The quantitative estimate of drug-likeness (QED) is 0.840. The van der Waals surface area contributed by atoms with E-state index in [4.69, 9.17) is 14.0 Å². The minimum absolute atomic E-state index is 0.117. The molecular formula is C18H23N3O3. The van der Waals surface area contributed by atoms with Crippen molar-refractivity contribution in [1.82, 2.24) is 15.0 Å². The lowest BCUT2D eigenvalue weighted by molar-refractivity contribution is 0.157. The molecule has 1 unspecified atom stereocenters. The van der Waals surface area contributed by atoms with Crippen molar-refractivity contribution in [2.45, 2.75) is 44.7 Å². The number of fused-ring (bicyclic) bond motifs is 1. The molecule has 1 aliphatic heterocycles. The third kappa shape index (κ3) is 2.75. The highest BCUT2D eigenvalue weighted by Crippen LogP contribution is 2.39. The van der Waals surface area contributed by atoms with Crippen molar-refractivity contribution in [2.75, 3.05) is 20.8 Å². The summed E-state index contributed by atoms with van der Waals surface area (Å²) in [5, 5.41) is 4.14. The van der Waals surface area contributed by atoms with Crippen molar-refractivity contribution in [1.29, 1.82) is 0 Å². The third-order valence-electron chi connectivity index (χ3n) is 5.05. The van der Waals surface area contributed by atoms with Gasteiger partial charge in [-0.15, -0.1) is 0 Å². The van der Waals surface area contributed by atoms with Crippen molar-refractivity contribution in [3.8, 4) is 11.5 Å². The lowest BCUT2D eigenvalue weighted by Crippen LogP contribution is -2.33. The number of ether oxygens (including phenoxy) is 2. The number of benzene rings is 1. The average Bonchev–Trinajstić information content (AvgIpc) is 3.36. The summed E-state index contributed by atoms with van der Waals surface area (Å²) in [5.74, 6) is 3.69. The first-order valence-corrected chi connectivity index (χ1v) is 8.51. The first-order chi connectivity index (χ1) is 11.7. The molecule has 1 atom stereocenters. The Morgan fingerprint density at radius 2 is 1.88 bits per heavy atom. The topological polar surface area (TPSA) is 60.6 Å². The Bertz CT molecular complexity index is 739. The van der Waals surface area contributed by atoms with Crippen LogP contribution in [0.1, 0.15) is 54.6 Å². The van der Waals surface area contributed by atoms with Crippen molar-refractivity contribution in [3.05, 3.63) is 35.0 Å². The highest BCUT2D eigenvalue weighted by atomic mass is 16.5. The Labute approximate surface area is 141 Å². The average molecular weight is 329 g/mol. The van der Waals surface area contributed by atoms with Crippen molar-refractivity contribution in [3.63, 3.8) is 0 Å². The SMILES string of the molecule is COc1cc2c(cc1OC)CN(C(C)c1nc(C3CC3)no1)CC2. The van der Waals surface area contributed by atoms with Crippen LogP contribution < -0.4 is 9.47 Å². The zero-order valence-corrected chi connectivity index (χ0v) is 14.4. The molecule has 0 N–H and O–H groups in total. The van der Waals surface area contributed by atoms with Crippen molar-refractivity contribution < 1.29 is 14.0 Å². The first kappa shape index (κ1) is 15.4. The highest BCUT2D eigenvalue weighted by Gasteiger charge is 2.31. The largest absolute Gasteiger partial charge is 0.493 e. The number of hydrogen-bond acceptors (Lipinski definition) is 6. The van der Waals surface area contributed by atoms with E-state index in [0.717, 1.165) is 42.7 Å². The maximum atomic E-state index is 5.50. The van der Waals surface area contributed by atoms with Gasteiger partial charge < -0.3 is 14.0 Å². The second-order valence-electron chi connectivity index (χ2n) is 6.64. The van der Waals surface area contributed by atoms with Gasteiger partial charge in [0.15, 0.2) is 17.3 Å². The molecule has 2 heterocycles. The lowest BCUT2D eigenvalue weighted by atomic mass is 9.97. The Balaban J connectivity index is 1.54. The molecule has 0 bridgehead atoms. The van der Waals surface area contributed by atoms with Gasteiger partial charge in [-0.25, -0.2) is 0 Å². The van der Waals surface area contributed by atoms with Gasteiger partial charge in [-0.2, -0.15) is 4.98 Å². The van der Waals surface area contributed by atoms with Gasteiger partial charge in [0, 0.05) is 19.0 Å². The monoisotopic (exact) mass is 329 g/mol. The maximum Gasteiger partial charge on any atom is 0.243 e. The molecule has 24 heavy (non-hydrogen) atoms. The third-order valence-corrected chi connectivity index (χ3v) is 5.05. The Morgan fingerprint density at radius 3 is 2.54 bits per heavy atom. The molecule has 0 radical (unpaired) electrons. The summed E-state index contributed by atoms with van der Waals surface area (Å²) in [6.07, 6.45) is 3.35. The summed E-state index contributed by atoms with van der Waals surface area (Å²) in [6.45, 7) is 3.94. The predicted octanol–water partition coefficient (Wildman–Crippen LogP) is 3.08. The molecule has 2 aromatic rings. The fraction of sp³-hybridized carbons (Fsp3) is 0.556. The summed E-state index contributed by atoms with van der Waals surface area (Å²) in [7, 11) is 3.35. The minimum atomic E-state index is 0.117. The molecule has 0 saturated heterocycles. The summed E-state index contributed by atoms with van der Waals surface area (Å²) < 4.78 is 16.3. The normalized spacial score (nSPS) is 19.0. The fourth-order valence-electron chi connectivity index (χ4n) is 3.32. The number of aromatic nitrogens is 2. The molecule has 6 nitrogen and oxygen atoms in total. The van der Waals surface area contributed by atoms with Crippen molar-refractivity contribution >= 4 is 0 Å². The first-order valence-electron chi connectivity index (χ1n) is 8.51. The van der Waals surface area contributed by atoms with Gasteiger partial charge in [0.05, 0.1) is 20.3 Å². The Morgan fingerprint density at radius 1 is 1.17 bits per heavy atom. The standard InChI is InChI=1S/C18H23N3O3/c1-11(18-19-17(20-24-18)12-4-5-12)21-7-6-13-8-15(22-2)16(23-3)9-14(13)10-21/h8-9,11-12H,4-7,10H2,1-3H3. The van der Waals surface area contributed by atoms with E-state index in [-0.39, 0.29) is 6.04 Å². The zero-order chi connectivity index (χ0) is 16.7. The zero-order valence-electron chi connectivity index (χ0n) is 14.4. The molecule has 1 aliphatic carbocycles. The van der Waals surface area contributed by atoms with E-state index in [0.29, 0.717) is 5.92 Å². The smallest absolute Gasteiger partial charge is 0.243 e. The minimum Gasteiger partial charge on any atom is -0.493 e. The maximum absolute atomic E-state index is 5.50. The van der Waals surface area contributed by atoms with Gasteiger partial charge in [0.2, 0.25) is 5.89 Å². The molecule has 128 valence electrons. The Hall–Kier alpha value is -2.08. The molecular weight excluding hydrogens is 306 g/mol. The van der Waals surface area contributed by atoms with Crippen LogP contribution in [0.2, 0.25) is 0 Å². The van der Waals surface area contributed by atoms with Gasteiger partial charge >= 0.3 is 0 Å². The predicted molar refractivity (Wildman–Crippen MR) is 88.3 cm³/mol. The number of hydrogen-bond donors (Lipinski definition) is 0. The second-order valence-corrected chi connectivity index (χ2v) is 6.64. The van der Waals surface area contributed by atoms with E-state index in [2.05, 4.69) is 34.1 Å². The summed E-state index contributed by atoms with van der Waals surface area (Å²) in [5.41, 5.74) is 2.59. The van der Waals surface area contributed by atoms with Crippen LogP contribution in [-0.4, -0.2) is 35.8 Å². The highest BCUT2D eigenvalue weighted by molar-refractivity contribution is 5.48. The van der Waals surface area contributed by atoms with Gasteiger partial charge in [0.1, 0.15) is 0 Å². The summed E-state index contributed by atoms with van der Waals surface area (Å²) >= 11 is 0. The second kappa shape index (κ2) is 6.09. The molecule has 6 heteroatoms. The van der Waals surface area contributed by atoms with Gasteiger partial charge in [-0.1, -0.05) is 5.16 Å². The molecule has 1 fully saturated rings. The molecule has 1 aromatic heterocycles. The van der Waals surface area contributed by atoms with Crippen LogP contribution in [0.5, 0.6) is 11.5 Å². The van der Waals surface area contributed by atoms with Crippen LogP contribution in [0, 0.1) is 0 Å². The van der Waals surface area contributed by atoms with E-state index in [1.54, 1.807) is 14.2 Å². The summed E-state index contributed by atoms with van der Waals surface area (Å²) in [6, 6.07) is 4.29. The van der Waals surface area contributed by atoms with E-state index in [1.807, 2.05) is 0 Å². The molecule has 0 amide bonds. The van der Waals surface area contributed by atoms with E-state index < -0.39 is 0 Å². The van der Waals surface area contributed by atoms with Crippen molar-refractivity contribution in [2.24, 2.45) is 0 Å². The van der Waals surface area contributed by atoms with E-state index >= 15 is 0 Å².